The Balaban J connectivity index is 1.04. The number of fused-ring (bicyclic) bond motifs is 12. The second-order valence-corrected chi connectivity index (χ2v) is 22.4. The van der Waals surface area contributed by atoms with E-state index in [4.69, 9.17) is 9.47 Å². The summed E-state index contributed by atoms with van der Waals surface area (Å²) in [6.45, 7) is 14.1. The Kier molecular flexibility index (Phi) is 10.3. The minimum absolute atomic E-state index is 0.00151. The zero-order valence-electron chi connectivity index (χ0n) is 42.6. The minimum Gasteiger partial charge on any atom is -0.458 e. The van der Waals surface area contributed by atoms with Crippen LogP contribution in [0, 0.1) is 17.8 Å². The van der Waals surface area contributed by atoms with E-state index in [1.807, 2.05) is 0 Å². The molecule has 0 saturated heterocycles. The van der Waals surface area contributed by atoms with Crippen molar-refractivity contribution < 1.29 is 9.47 Å². The maximum atomic E-state index is 7.56. The number of benzene rings is 9. The molecule has 0 bridgehead atoms. The van der Waals surface area contributed by atoms with Crippen LogP contribution in [0.1, 0.15) is 58.2 Å². The Labute approximate surface area is 431 Å². The number of nitrogens with zero attached hydrogens (tertiary/aromatic N) is 2. The molecule has 352 valence electrons. The van der Waals surface area contributed by atoms with Crippen LogP contribution in [0.25, 0.3) is 11.1 Å². The van der Waals surface area contributed by atoms with Crippen molar-refractivity contribution in [2.75, 3.05) is 9.80 Å². The van der Waals surface area contributed by atoms with Crippen molar-refractivity contribution in [2.45, 2.75) is 60.8 Å². The van der Waals surface area contributed by atoms with E-state index in [2.05, 4.69) is 233 Å². The van der Waals surface area contributed by atoms with Gasteiger partial charge in [-0.15, -0.1) is 0 Å². The molecule has 0 saturated carbocycles. The van der Waals surface area contributed by atoms with Crippen LogP contribution in [0.2, 0.25) is 0 Å². The van der Waals surface area contributed by atoms with Crippen molar-refractivity contribution in [3.05, 3.63) is 199 Å². The van der Waals surface area contributed by atoms with Crippen molar-refractivity contribution in [2.24, 2.45) is 17.8 Å². The average Bonchev–Trinajstić information content (AvgIpc) is 3.40. The van der Waals surface area contributed by atoms with E-state index < -0.39 is 0 Å². The predicted molar refractivity (Wildman–Crippen MR) is 310 cm³/mol. The van der Waals surface area contributed by atoms with Gasteiger partial charge in [0.25, 0.3) is 20.1 Å². The fourth-order valence-electron chi connectivity index (χ4n) is 13.6. The zero-order chi connectivity index (χ0) is 49.2. The van der Waals surface area contributed by atoms with E-state index in [0.29, 0.717) is 17.8 Å². The monoisotopic (exact) mass is 942 g/mol. The highest BCUT2D eigenvalue weighted by Gasteiger charge is 2.52. The van der Waals surface area contributed by atoms with Crippen molar-refractivity contribution in [3.63, 3.8) is 0 Å². The quantitative estimate of drug-likeness (QED) is 0.135. The third-order valence-corrected chi connectivity index (χ3v) is 16.1. The maximum absolute atomic E-state index is 7.56. The molecule has 5 aliphatic rings. The van der Waals surface area contributed by atoms with Gasteiger partial charge in [0, 0.05) is 46.1 Å². The van der Waals surface area contributed by atoms with E-state index in [-0.39, 0.29) is 20.1 Å². The van der Waals surface area contributed by atoms with Crippen molar-refractivity contribution in [1.82, 2.24) is 0 Å². The molecular weight excluding hydrogens is 885 g/mol. The summed E-state index contributed by atoms with van der Waals surface area (Å²) in [6.07, 6.45) is 3.10. The van der Waals surface area contributed by atoms with Crippen LogP contribution in [-0.2, 0) is 19.3 Å². The van der Waals surface area contributed by atoms with E-state index in [0.717, 1.165) is 53.6 Å². The van der Waals surface area contributed by atoms with Gasteiger partial charge in [0.05, 0.1) is 5.69 Å². The summed E-state index contributed by atoms with van der Waals surface area (Å²) in [5, 5.41) is 0. The third kappa shape index (κ3) is 6.84. The molecule has 0 spiro atoms. The Morgan fingerprint density at radius 3 is 1.44 bits per heavy atom. The average molecular weight is 943 g/mol. The molecule has 14 rings (SSSR count). The lowest BCUT2D eigenvalue weighted by atomic mass is 9.28. The van der Waals surface area contributed by atoms with E-state index >= 15 is 0 Å². The van der Waals surface area contributed by atoms with Crippen LogP contribution >= 0.6 is 0 Å². The summed E-state index contributed by atoms with van der Waals surface area (Å²) in [7, 11) is 0. The maximum Gasteiger partial charge on any atom is 0.256 e. The van der Waals surface area contributed by atoms with Crippen LogP contribution in [0.5, 0.6) is 23.0 Å². The number of ether oxygens (including phenoxy) is 2. The largest absolute Gasteiger partial charge is 0.458 e. The van der Waals surface area contributed by atoms with E-state index in [1.165, 1.54) is 99.7 Å². The number of hydrogen-bond acceptors (Lipinski definition) is 4. The Bertz CT molecular complexity index is 3680. The summed E-state index contributed by atoms with van der Waals surface area (Å²) in [6, 6.07) is 68.1. The third-order valence-electron chi connectivity index (χ3n) is 16.1. The van der Waals surface area contributed by atoms with Gasteiger partial charge in [-0.3, -0.25) is 0 Å². The lowest BCUT2D eigenvalue weighted by molar-refractivity contribution is 0.466. The molecule has 73 heavy (non-hydrogen) atoms. The summed E-state index contributed by atoms with van der Waals surface area (Å²) >= 11 is 0. The Morgan fingerprint density at radius 2 is 0.836 bits per heavy atom. The van der Waals surface area contributed by atoms with Gasteiger partial charge in [-0.1, -0.05) is 198 Å². The Morgan fingerprint density at radius 1 is 0.356 bits per heavy atom. The highest BCUT2D eigenvalue weighted by atomic mass is 16.5. The number of rotatable bonds is 9. The summed E-state index contributed by atoms with van der Waals surface area (Å²) in [5.41, 5.74) is 25.4. The van der Waals surface area contributed by atoms with Crippen LogP contribution in [0.4, 0.5) is 34.1 Å². The summed E-state index contributed by atoms with van der Waals surface area (Å²) in [4.78, 5) is 5.10. The van der Waals surface area contributed by atoms with Gasteiger partial charge in [0.15, 0.2) is 0 Å². The van der Waals surface area contributed by atoms with Gasteiger partial charge in [-0.2, -0.15) is 0 Å². The lowest BCUT2D eigenvalue weighted by Gasteiger charge is -2.49. The second-order valence-electron chi connectivity index (χ2n) is 22.4. The first kappa shape index (κ1) is 44.1. The molecule has 0 unspecified atom stereocenters. The van der Waals surface area contributed by atoms with Gasteiger partial charge in [-0.05, 0) is 122 Å². The first-order valence-electron chi connectivity index (χ1n) is 26.7. The molecule has 0 fully saturated rings. The Hall–Kier alpha value is -7.63. The molecule has 0 aliphatic carbocycles. The second kappa shape index (κ2) is 17.0. The van der Waals surface area contributed by atoms with E-state index in [9.17, 15) is 0 Å². The van der Waals surface area contributed by atoms with Crippen LogP contribution < -0.4 is 68.4 Å². The smallest absolute Gasteiger partial charge is 0.256 e. The molecule has 0 radical (unpaired) electrons. The fourth-order valence-corrected chi connectivity index (χ4v) is 13.6. The molecular formula is C66H57B3N2O2. The predicted octanol–water partition coefficient (Wildman–Crippen LogP) is 10.6. The number of hydrogen-bond donors (Lipinski definition) is 0. The molecule has 4 nitrogen and oxygen atoms in total. The number of para-hydroxylation sites is 5. The molecule has 0 atom stereocenters. The van der Waals surface area contributed by atoms with Crippen LogP contribution in [0.3, 0.4) is 0 Å². The molecule has 5 heterocycles. The van der Waals surface area contributed by atoms with Crippen molar-refractivity contribution in [1.29, 1.82) is 0 Å². The van der Waals surface area contributed by atoms with Gasteiger partial charge in [0.2, 0.25) is 0 Å². The van der Waals surface area contributed by atoms with E-state index in [1.54, 1.807) is 0 Å². The topological polar surface area (TPSA) is 24.9 Å². The lowest BCUT2D eigenvalue weighted by Crippen LogP contribution is -2.68. The molecule has 5 aliphatic heterocycles. The van der Waals surface area contributed by atoms with Gasteiger partial charge >= 0.3 is 0 Å². The standard InChI is InChI=1S/C66H57B3N2O2/c1-40(2)32-43-35-45(33-41(3)4)63(46(36-43)34-42(5)6)69-51-26-14-19-31-59(51)72-60-39-61-52(37-53(60)69)68-50-25-13-18-30-57(50)71-56-29-17-12-24-49(56)67-48-23-11-16-28-55(48)70(58-38-62(73-61)65(68)66(71)64(58)67)54-27-15-10-22-47(54)44-20-8-7-9-21-44/h7-31,35-42H,32-34H2,1-6H3. The van der Waals surface area contributed by atoms with Crippen molar-refractivity contribution >= 4 is 103 Å². The molecule has 0 amide bonds. The number of anilines is 6. The first-order valence-corrected chi connectivity index (χ1v) is 26.7. The van der Waals surface area contributed by atoms with Crippen LogP contribution in [0.15, 0.2) is 182 Å². The minimum atomic E-state index is -0.0959. The molecule has 9 aromatic carbocycles. The van der Waals surface area contributed by atoms with Crippen molar-refractivity contribution in [3.8, 4) is 34.1 Å². The van der Waals surface area contributed by atoms with Gasteiger partial charge in [-0.25, -0.2) is 0 Å². The first-order chi connectivity index (χ1) is 35.7. The summed E-state index contributed by atoms with van der Waals surface area (Å²) < 4.78 is 14.7. The normalized spacial score (nSPS) is 14.0. The molecule has 0 N–H and O–H groups in total. The molecule has 9 aromatic rings. The molecule has 0 aromatic heterocycles. The summed E-state index contributed by atoms with van der Waals surface area (Å²) in [5.74, 6) is 5.09. The molecule has 7 heteroatoms. The zero-order valence-corrected chi connectivity index (χ0v) is 42.6. The SMILES string of the molecule is CC(C)Cc1cc(CC(C)C)c(B2c3ccccc3Oc3cc4c(cc32)B2c3ccccc3N3c5ccccc5B5c6ccccc6N(c6ccccc6-c6ccccc6)c6cc(c2c3c65)O4)c(CC(C)C)c1. The highest BCUT2D eigenvalue weighted by Crippen LogP contribution is 2.49. The van der Waals surface area contributed by atoms with Gasteiger partial charge in [0.1, 0.15) is 23.0 Å². The van der Waals surface area contributed by atoms with Gasteiger partial charge < -0.3 is 19.3 Å². The van der Waals surface area contributed by atoms with Crippen LogP contribution in [-0.4, -0.2) is 20.1 Å². The highest BCUT2D eigenvalue weighted by molar-refractivity contribution is 7.05. The fraction of sp³-hybridized carbons (Fsp3) is 0.182.